The molecule has 19 rings (SSSR count). The Labute approximate surface area is 769 Å². The maximum absolute atomic E-state index is 14.7. The molecule has 5 nitrogen and oxygen atoms in total. The Morgan fingerprint density at radius 2 is 0.557 bits per heavy atom. The molecule has 0 amide bonds. The van der Waals surface area contributed by atoms with Crippen LogP contribution >= 0.6 is 0 Å². The number of fused-ring (bicyclic) bond motifs is 5. The summed E-state index contributed by atoms with van der Waals surface area (Å²) in [5.74, 6) is -0.589. The lowest BCUT2D eigenvalue weighted by Gasteiger charge is -2.22. The summed E-state index contributed by atoms with van der Waals surface area (Å²) in [6.07, 6.45) is 5.28. The van der Waals surface area contributed by atoms with E-state index in [2.05, 4.69) is 263 Å². The van der Waals surface area contributed by atoms with Crippen LogP contribution in [0, 0.1) is 125 Å². The van der Waals surface area contributed by atoms with Crippen LogP contribution in [0.25, 0.3) is 144 Å². The molecule has 0 saturated heterocycles. The number of hydrogen-bond acceptors (Lipinski definition) is 0. The molecule has 5 heterocycles. The van der Waals surface area contributed by atoms with Gasteiger partial charge in [0.05, 0.1) is 54.7 Å². The Morgan fingerprint density at radius 1 is 0.244 bits per heavy atom. The fourth-order valence-electron chi connectivity index (χ4n) is 18.9. The summed E-state index contributed by atoms with van der Waals surface area (Å²) < 4.78 is 94.6. The predicted molar refractivity (Wildman–Crippen MR) is 530 cm³/mol. The fourth-order valence-corrected chi connectivity index (χ4v) is 18.9. The summed E-state index contributed by atoms with van der Waals surface area (Å²) in [6.45, 7) is 34.1. The van der Waals surface area contributed by atoms with Crippen LogP contribution in [0.4, 0.5) is 26.3 Å². The van der Waals surface area contributed by atoms with Crippen molar-refractivity contribution in [1.82, 2.24) is 0 Å². The molecule has 0 N–H and O–H groups in total. The normalized spacial score (nSPS) is 12.1. The molecule has 0 unspecified atom stereocenters. The second-order valence-corrected chi connectivity index (χ2v) is 37.1. The van der Waals surface area contributed by atoms with Crippen LogP contribution in [0.1, 0.15) is 136 Å². The summed E-state index contributed by atoms with van der Waals surface area (Å²) in [5, 5.41) is 9.90. The predicted octanol–water partition coefficient (Wildman–Crippen LogP) is 29.5. The third kappa shape index (κ3) is 19.3. The van der Waals surface area contributed by atoms with Crippen molar-refractivity contribution < 1.29 is 49.2 Å². The van der Waals surface area contributed by atoms with Crippen LogP contribution in [0.2, 0.25) is 0 Å². The largest absolute Gasteiger partial charge is 0.220 e. The highest BCUT2D eigenvalue weighted by Gasteiger charge is 2.30. The number of aryl methyl sites for hydroxylation is 10. The molecule has 18 aromatic rings. The van der Waals surface area contributed by atoms with E-state index in [1.165, 1.54) is 138 Å². The van der Waals surface area contributed by atoms with Crippen molar-refractivity contribution in [3.8, 4) is 89.7 Å². The molecule has 1 saturated carbocycles. The van der Waals surface area contributed by atoms with Crippen molar-refractivity contribution >= 4 is 53.9 Å². The SMILES string of the molecule is Cc1cc(-c2ccccc2)cc(-c2c3ccc(F)cc3cc(C)[n+]2C)c1C.Cc1cc(C(C)(C)C)cc(-c2c3ccc(F)cc3cc(C)[n+]2C)c1C.Cc1cc(C2CCCC2)cc(-c2c3ccc(F)cc3cc(C)[n+]2C)c1C.Cc1cc(F)c(-c2ccccc2)cc1-c1c2ccc(F)cc2cc(C)[n+]1C.Cc1ccc(-c2ccccc2)cc1-c1c2ccc(F)cc2cc(C)[n+]1C. The van der Waals surface area contributed by atoms with Gasteiger partial charge in [0.25, 0.3) is 0 Å². The summed E-state index contributed by atoms with van der Waals surface area (Å²) in [7, 11) is 10.3. The van der Waals surface area contributed by atoms with E-state index in [-0.39, 0.29) is 40.3 Å². The van der Waals surface area contributed by atoms with Gasteiger partial charge in [0.1, 0.15) is 70.1 Å². The summed E-state index contributed by atoms with van der Waals surface area (Å²) in [6, 6.07) is 89.6. The van der Waals surface area contributed by atoms with E-state index in [4.69, 9.17) is 0 Å². The Morgan fingerprint density at radius 3 is 0.931 bits per heavy atom. The minimum atomic E-state index is -0.262. The number of benzene rings is 13. The topological polar surface area (TPSA) is 19.4 Å². The number of halogens is 6. The molecule has 0 radical (unpaired) electrons. The molecule has 11 heteroatoms. The molecule has 1 fully saturated rings. The number of pyridine rings is 5. The molecule has 0 aliphatic heterocycles. The molecule has 660 valence electrons. The first-order valence-corrected chi connectivity index (χ1v) is 45.4. The molecule has 0 spiro atoms. The maximum Gasteiger partial charge on any atom is 0.220 e. The van der Waals surface area contributed by atoms with Gasteiger partial charge in [-0.1, -0.05) is 155 Å². The highest BCUT2D eigenvalue weighted by Crippen LogP contribution is 2.43. The lowest BCUT2D eigenvalue weighted by Crippen LogP contribution is -2.35. The van der Waals surface area contributed by atoms with Crippen molar-refractivity contribution in [2.24, 2.45) is 35.2 Å². The van der Waals surface area contributed by atoms with Gasteiger partial charge in [-0.15, -0.1) is 0 Å². The monoisotopic (exact) mass is 1740 g/mol. The molecule has 5 aromatic heterocycles. The fraction of sp³-hybridized carbons (Fsp3) is 0.225. The van der Waals surface area contributed by atoms with Gasteiger partial charge in [0, 0.05) is 70.5 Å². The number of nitrogens with zero attached hydrogens (tertiary/aromatic N) is 5. The second kappa shape index (κ2) is 38.3. The molecule has 13 aromatic carbocycles. The smallest absolute Gasteiger partial charge is 0.207 e. The van der Waals surface area contributed by atoms with E-state index in [0.29, 0.717) is 11.5 Å². The molecular formula is C120H118F6N5+5. The van der Waals surface area contributed by atoms with E-state index in [1.54, 1.807) is 60.7 Å². The second-order valence-electron chi connectivity index (χ2n) is 37.1. The molecule has 1 aliphatic carbocycles. The highest BCUT2D eigenvalue weighted by molar-refractivity contribution is 5.99. The average Bonchev–Trinajstić information content (AvgIpc) is 1.23. The Kier molecular flexibility index (Phi) is 26.9. The van der Waals surface area contributed by atoms with E-state index in [0.717, 1.165) is 122 Å². The van der Waals surface area contributed by atoms with Crippen LogP contribution in [-0.2, 0) is 40.7 Å². The first kappa shape index (κ1) is 92.2. The zero-order chi connectivity index (χ0) is 93.5. The zero-order valence-corrected chi connectivity index (χ0v) is 79.5. The van der Waals surface area contributed by atoms with Crippen LogP contribution in [-0.4, -0.2) is 0 Å². The summed E-state index contributed by atoms with van der Waals surface area (Å²) >= 11 is 0. The first-order chi connectivity index (χ1) is 62.5. The minimum Gasteiger partial charge on any atom is -0.207 e. The van der Waals surface area contributed by atoms with E-state index >= 15 is 0 Å². The average molecular weight is 1740 g/mol. The molecule has 0 atom stereocenters. The number of hydrogen-bond donors (Lipinski definition) is 0. The van der Waals surface area contributed by atoms with E-state index in [9.17, 15) is 26.3 Å². The van der Waals surface area contributed by atoms with E-state index in [1.807, 2.05) is 112 Å². The van der Waals surface area contributed by atoms with Gasteiger partial charge in [-0.3, -0.25) is 0 Å². The Balaban J connectivity index is 0.000000125. The van der Waals surface area contributed by atoms with Crippen LogP contribution in [0.5, 0.6) is 0 Å². The summed E-state index contributed by atoms with van der Waals surface area (Å²) in [5.41, 5.74) is 35.7. The molecule has 0 bridgehead atoms. The van der Waals surface area contributed by atoms with Gasteiger partial charge < -0.3 is 0 Å². The lowest BCUT2D eigenvalue weighted by atomic mass is 9.83. The lowest BCUT2D eigenvalue weighted by molar-refractivity contribution is -0.665. The van der Waals surface area contributed by atoms with Gasteiger partial charge in [-0.25, -0.2) is 26.3 Å². The molecule has 131 heavy (non-hydrogen) atoms. The first-order valence-electron chi connectivity index (χ1n) is 45.4. The van der Waals surface area contributed by atoms with Gasteiger partial charge in [0.15, 0.2) is 28.5 Å². The van der Waals surface area contributed by atoms with Crippen molar-refractivity contribution in [1.29, 1.82) is 0 Å². The molecule has 1 aliphatic rings. The maximum atomic E-state index is 14.7. The Bertz CT molecular complexity index is 7470. The minimum absolute atomic E-state index is 0.0809. The van der Waals surface area contributed by atoms with Gasteiger partial charge in [0.2, 0.25) is 28.5 Å². The van der Waals surface area contributed by atoms with Crippen molar-refractivity contribution in [2.75, 3.05) is 0 Å². The van der Waals surface area contributed by atoms with Gasteiger partial charge in [-0.05, 0) is 317 Å². The third-order valence-electron chi connectivity index (χ3n) is 27.3. The summed E-state index contributed by atoms with van der Waals surface area (Å²) in [4.78, 5) is 0. The number of aromatic nitrogens is 5. The van der Waals surface area contributed by atoms with E-state index < -0.39 is 0 Å². The number of rotatable bonds is 9. The quantitative estimate of drug-likeness (QED) is 0.101. The molecular weight excluding hydrogens is 1630 g/mol. The van der Waals surface area contributed by atoms with Crippen LogP contribution < -0.4 is 22.8 Å². The van der Waals surface area contributed by atoms with Crippen LogP contribution in [0.3, 0.4) is 0 Å². The van der Waals surface area contributed by atoms with Gasteiger partial charge >= 0.3 is 0 Å². The Hall–Kier alpha value is -13.5. The third-order valence-corrected chi connectivity index (χ3v) is 27.3. The zero-order valence-electron chi connectivity index (χ0n) is 79.5. The highest BCUT2D eigenvalue weighted by atomic mass is 19.1. The van der Waals surface area contributed by atoms with Crippen molar-refractivity contribution in [2.45, 2.75) is 148 Å². The van der Waals surface area contributed by atoms with Gasteiger partial charge in [-0.2, -0.15) is 22.8 Å². The van der Waals surface area contributed by atoms with Crippen molar-refractivity contribution in [3.05, 3.63) is 398 Å². The van der Waals surface area contributed by atoms with Crippen molar-refractivity contribution in [3.63, 3.8) is 0 Å². The standard InChI is InChI=1S/C25H23FN.C24H20F2N.C24H27FN.C24H21FN.C23H27FN/c1-16-12-20(19-8-6-5-7-9-19)15-24(18(16)3)25-23-11-10-22(26)14-21(23)13-17(2)27(25)4;1-15-11-23(26)22(17-7-5-4-6-8-17)14-21(15)24-20-10-9-19(25)13-18(20)12-16(2)27(24)3;1-15-11-19(18-7-5-6-8-18)14-23(17(15)3)24-22-10-9-21(25)13-20(22)12-16(2)26(24)4;1-16-9-10-19(18-7-5-4-6-8-18)15-23(16)24-22-12-11-21(25)14-20(22)13-17(2)26(24)3;1-14-10-18(23(4,5)6)13-21(16(14)3)22-20-9-8-19(24)12-17(20)11-15(2)25(22)7/h5-15H,1-4H3;4-14H,1-3H3;9-14,18H,5-8H2,1-4H3;4-15H,1-3H3;8-13H,1-7H3/q5*+1. The van der Waals surface area contributed by atoms with Crippen LogP contribution in [0.15, 0.2) is 279 Å².